The molecule has 0 heterocycles. The third kappa shape index (κ3) is 7.11. The highest BCUT2D eigenvalue weighted by atomic mass is 35.5. The van der Waals surface area contributed by atoms with E-state index in [1.54, 1.807) is 12.1 Å². The van der Waals surface area contributed by atoms with Gasteiger partial charge in [0.15, 0.2) is 0 Å². The van der Waals surface area contributed by atoms with Crippen LogP contribution < -0.4 is 16.4 Å². The van der Waals surface area contributed by atoms with E-state index in [1.807, 2.05) is 19.1 Å². The molecule has 112 valence electrons. The first-order valence-corrected chi connectivity index (χ1v) is 6.36. The number of benzene rings is 1. The van der Waals surface area contributed by atoms with Gasteiger partial charge in [-0.2, -0.15) is 0 Å². The quantitative estimate of drug-likeness (QED) is 0.738. The Bertz CT molecular complexity index is 433. The largest absolute Gasteiger partial charge is 0.352 e. The Hall–Kier alpha value is -1.59. The average molecular weight is 300 g/mol. The van der Waals surface area contributed by atoms with E-state index in [2.05, 4.69) is 10.6 Å². The van der Waals surface area contributed by atoms with Gasteiger partial charge in [-0.3, -0.25) is 9.59 Å². The second-order valence-corrected chi connectivity index (χ2v) is 4.63. The van der Waals surface area contributed by atoms with Crippen molar-refractivity contribution in [2.75, 3.05) is 6.54 Å². The van der Waals surface area contributed by atoms with Gasteiger partial charge in [0.25, 0.3) is 5.91 Å². The molecule has 2 amide bonds. The van der Waals surface area contributed by atoms with Gasteiger partial charge in [-0.15, -0.1) is 12.4 Å². The van der Waals surface area contributed by atoms with Gasteiger partial charge in [-0.05, 0) is 31.0 Å². The number of hydrogen-bond acceptors (Lipinski definition) is 3. The van der Waals surface area contributed by atoms with Crippen LogP contribution in [0.1, 0.15) is 36.2 Å². The van der Waals surface area contributed by atoms with Crippen molar-refractivity contribution in [2.45, 2.75) is 32.9 Å². The second-order valence-electron chi connectivity index (χ2n) is 4.63. The lowest BCUT2D eigenvalue weighted by Gasteiger charge is -2.08. The van der Waals surface area contributed by atoms with Crippen LogP contribution in [0.5, 0.6) is 0 Å². The Morgan fingerprint density at radius 1 is 1.20 bits per heavy atom. The maximum Gasteiger partial charge on any atom is 0.251 e. The highest BCUT2D eigenvalue weighted by Crippen LogP contribution is 2.04. The fourth-order valence-electron chi connectivity index (χ4n) is 1.52. The Morgan fingerprint density at radius 2 is 1.80 bits per heavy atom. The molecule has 0 radical (unpaired) electrons. The van der Waals surface area contributed by atoms with E-state index in [0.717, 1.165) is 12.0 Å². The molecular weight excluding hydrogens is 278 g/mol. The Morgan fingerprint density at radius 3 is 2.30 bits per heavy atom. The van der Waals surface area contributed by atoms with Crippen LogP contribution >= 0.6 is 12.4 Å². The molecule has 0 fully saturated rings. The number of amides is 2. The van der Waals surface area contributed by atoms with Crippen LogP contribution in [0.4, 0.5) is 0 Å². The summed E-state index contributed by atoms with van der Waals surface area (Å²) in [5.74, 6) is -0.176. The van der Waals surface area contributed by atoms with E-state index < -0.39 is 0 Å². The lowest BCUT2D eigenvalue weighted by Crippen LogP contribution is -2.28. The van der Waals surface area contributed by atoms with Crippen molar-refractivity contribution in [3.8, 4) is 0 Å². The van der Waals surface area contributed by atoms with Crippen molar-refractivity contribution in [1.82, 2.24) is 10.6 Å². The van der Waals surface area contributed by atoms with Crippen molar-refractivity contribution < 1.29 is 9.59 Å². The maximum atomic E-state index is 11.8. The van der Waals surface area contributed by atoms with E-state index in [0.29, 0.717) is 18.7 Å². The molecule has 0 saturated carbocycles. The summed E-state index contributed by atoms with van der Waals surface area (Å²) < 4.78 is 0. The van der Waals surface area contributed by atoms with Gasteiger partial charge in [0.1, 0.15) is 0 Å². The van der Waals surface area contributed by atoms with Crippen LogP contribution in [-0.4, -0.2) is 24.4 Å². The van der Waals surface area contributed by atoms with Crippen LogP contribution in [0.3, 0.4) is 0 Å². The molecule has 6 heteroatoms. The Balaban J connectivity index is 0.00000361. The molecule has 1 atom stereocenters. The third-order valence-electron chi connectivity index (χ3n) is 2.64. The summed E-state index contributed by atoms with van der Waals surface area (Å²) in [4.78, 5) is 22.6. The normalized spacial score (nSPS) is 11.2. The molecule has 0 aliphatic carbocycles. The molecular formula is C14H22ClN3O2. The van der Waals surface area contributed by atoms with Crippen molar-refractivity contribution in [3.63, 3.8) is 0 Å². The van der Waals surface area contributed by atoms with Crippen LogP contribution in [0.25, 0.3) is 0 Å². The smallest absolute Gasteiger partial charge is 0.251 e. The molecule has 0 aliphatic rings. The zero-order chi connectivity index (χ0) is 14.3. The zero-order valence-electron chi connectivity index (χ0n) is 11.8. The molecule has 4 N–H and O–H groups in total. The lowest BCUT2D eigenvalue weighted by atomic mass is 10.1. The molecule has 0 saturated heterocycles. The van der Waals surface area contributed by atoms with Gasteiger partial charge >= 0.3 is 0 Å². The molecule has 5 nitrogen and oxygen atoms in total. The van der Waals surface area contributed by atoms with Crippen LogP contribution in [0.15, 0.2) is 24.3 Å². The standard InChI is InChI=1S/C14H21N3O2.ClH/c1-10(15)7-8-16-14(19)13-5-3-12(4-6-13)9-17-11(2)18;/h3-6,10H,7-9,15H2,1-2H3,(H,16,19)(H,17,18);1H. The molecule has 1 unspecified atom stereocenters. The Kier molecular flexibility index (Phi) is 8.59. The van der Waals surface area contributed by atoms with Gasteiger partial charge in [-0.25, -0.2) is 0 Å². The lowest BCUT2D eigenvalue weighted by molar-refractivity contribution is -0.119. The van der Waals surface area contributed by atoms with E-state index in [9.17, 15) is 9.59 Å². The van der Waals surface area contributed by atoms with Crippen LogP contribution in [0.2, 0.25) is 0 Å². The highest BCUT2D eigenvalue weighted by Gasteiger charge is 2.05. The fraction of sp³-hybridized carbons (Fsp3) is 0.429. The van der Waals surface area contributed by atoms with Gasteiger partial charge < -0.3 is 16.4 Å². The summed E-state index contributed by atoms with van der Waals surface area (Å²) in [7, 11) is 0. The van der Waals surface area contributed by atoms with Gasteiger partial charge in [0.05, 0.1) is 0 Å². The number of carbonyl (C=O) groups is 2. The Labute approximate surface area is 125 Å². The summed E-state index contributed by atoms with van der Waals surface area (Å²) in [6.07, 6.45) is 0.756. The van der Waals surface area contributed by atoms with Crippen LogP contribution in [-0.2, 0) is 11.3 Å². The van der Waals surface area contributed by atoms with Crippen LogP contribution in [0, 0.1) is 0 Å². The molecule has 1 aromatic carbocycles. The molecule has 0 bridgehead atoms. The number of nitrogens with two attached hydrogens (primary N) is 1. The maximum absolute atomic E-state index is 11.8. The summed E-state index contributed by atoms with van der Waals surface area (Å²) in [6.45, 7) is 4.43. The first-order chi connectivity index (χ1) is 8.99. The molecule has 0 spiro atoms. The summed E-state index contributed by atoms with van der Waals surface area (Å²) in [6, 6.07) is 7.24. The minimum Gasteiger partial charge on any atom is -0.352 e. The third-order valence-corrected chi connectivity index (χ3v) is 2.64. The van der Waals surface area contributed by atoms with E-state index >= 15 is 0 Å². The van der Waals surface area contributed by atoms with Gasteiger partial charge in [-0.1, -0.05) is 12.1 Å². The summed E-state index contributed by atoms with van der Waals surface area (Å²) in [5, 5.41) is 5.52. The number of rotatable bonds is 6. The number of carbonyl (C=O) groups excluding carboxylic acids is 2. The fourth-order valence-corrected chi connectivity index (χ4v) is 1.52. The number of hydrogen-bond donors (Lipinski definition) is 3. The minimum absolute atomic E-state index is 0. The molecule has 0 aliphatic heterocycles. The first kappa shape index (κ1) is 18.4. The number of nitrogens with one attached hydrogen (secondary N) is 2. The highest BCUT2D eigenvalue weighted by molar-refractivity contribution is 5.94. The molecule has 20 heavy (non-hydrogen) atoms. The van der Waals surface area contributed by atoms with Crippen molar-refractivity contribution in [1.29, 1.82) is 0 Å². The predicted octanol–water partition coefficient (Wildman–Crippen LogP) is 1.21. The van der Waals surface area contributed by atoms with Crippen molar-refractivity contribution >= 4 is 24.2 Å². The van der Waals surface area contributed by atoms with Gasteiger partial charge in [0.2, 0.25) is 5.91 Å². The summed E-state index contributed by atoms with van der Waals surface area (Å²) >= 11 is 0. The van der Waals surface area contributed by atoms with E-state index in [4.69, 9.17) is 5.73 Å². The van der Waals surface area contributed by atoms with Crippen molar-refractivity contribution in [2.24, 2.45) is 5.73 Å². The first-order valence-electron chi connectivity index (χ1n) is 6.36. The minimum atomic E-state index is -0.105. The zero-order valence-corrected chi connectivity index (χ0v) is 12.6. The molecule has 0 aromatic heterocycles. The monoisotopic (exact) mass is 299 g/mol. The molecule has 1 rings (SSSR count). The SMILES string of the molecule is CC(=O)NCc1ccc(C(=O)NCCC(C)N)cc1.Cl. The average Bonchev–Trinajstić information content (AvgIpc) is 2.36. The van der Waals surface area contributed by atoms with Crippen molar-refractivity contribution in [3.05, 3.63) is 35.4 Å². The number of halogens is 1. The summed E-state index contributed by atoms with van der Waals surface area (Å²) in [5.41, 5.74) is 7.18. The molecule has 1 aromatic rings. The second kappa shape index (κ2) is 9.34. The topological polar surface area (TPSA) is 84.2 Å². The van der Waals surface area contributed by atoms with Gasteiger partial charge in [0, 0.05) is 31.6 Å². The van der Waals surface area contributed by atoms with E-state index in [-0.39, 0.29) is 30.3 Å². The van der Waals surface area contributed by atoms with E-state index in [1.165, 1.54) is 6.92 Å². The predicted molar refractivity (Wildman–Crippen MR) is 81.8 cm³/mol.